The summed E-state index contributed by atoms with van der Waals surface area (Å²) in [6, 6.07) is 10.4. The van der Waals surface area contributed by atoms with Crippen molar-refractivity contribution in [1.29, 1.82) is 0 Å². The van der Waals surface area contributed by atoms with E-state index in [9.17, 15) is 9.59 Å². The second-order valence-corrected chi connectivity index (χ2v) is 6.59. The van der Waals surface area contributed by atoms with Crippen LogP contribution < -0.4 is 15.5 Å². The van der Waals surface area contributed by atoms with Gasteiger partial charge in [-0.15, -0.1) is 0 Å². The number of anilines is 1. The third kappa shape index (κ3) is 3.58. The number of fused-ring (bicyclic) bond motifs is 1. The summed E-state index contributed by atoms with van der Waals surface area (Å²) in [5.41, 5.74) is 3.23. The van der Waals surface area contributed by atoms with E-state index in [0.717, 1.165) is 16.6 Å². The lowest BCUT2D eigenvalue weighted by Crippen LogP contribution is -2.20. The molecule has 0 aliphatic carbocycles. The van der Waals surface area contributed by atoms with Crippen LogP contribution >= 0.6 is 11.6 Å². The van der Waals surface area contributed by atoms with Gasteiger partial charge in [-0.25, -0.2) is 0 Å². The largest absolute Gasteiger partial charge is 0.495 e. The van der Waals surface area contributed by atoms with E-state index in [4.69, 9.17) is 16.3 Å². The smallest absolute Gasteiger partial charge is 0.244 e. The first-order chi connectivity index (χ1) is 12.4. The van der Waals surface area contributed by atoms with Crippen LogP contribution in [0.2, 0.25) is 5.02 Å². The molecule has 0 fully saturated rings. The summed E-state index contributed by atoms with van der Waals surface area (Å²) in [4.78, 5) is 24.7. The van der Waals surface area contributed by atoms with Crippen molar-refractivity contribution in [3.05, 3.63) is 69.0 Å². The van der Waals surface area contributed by atoms with E-state index < -0.39 is 0 Å². The van der Waals surface area contributed by atoms with Crippen molar-refractivity contribution in [2.75, 3.05) is 12.4 Å². The second kappa shape index (κ2) is 7.22. The van der Waals surface area contributed by atoms with Gasteiger partial charge in [-0.1, -0.05) is 17.7 Å². The number of aryl methyl sites for hydroxylation is 2. The fourth-order valence-corrected chi connectivity index (χ4v) is 3.31. The highest BCUT2D eigenvalue weighted by atomic mass is 35.5. The van der Waals surface area contributed by atoms with Gasteiger partial charge in [0.25, 0.3) is 0 Å². The van der Waals surface area contributed by atoms with Crippen LogP contribution in [0, 0.1) is 13.8 Å². The van der Waals surface area contributed by atoms with Crippen LogP contribution in [0.15, 0.2) is 47.4 Å². The number of halogens is 1. The minimum absolute atomic E-state index is 0.0453. The van der Waals surface area contributed by atoms with Crippen molar-refractivity contribution in [2.24, 2.45) is 0 Å². The molecular formula is C20H19ClN2O3. The molecule has 0 radical (unpaired) electrons. The molecule has 0 aliphatic heterocycles. The highest BCUT2D eigenvalue weighted by Gasteiger charge is 2.11. The first-order valence-electron chi connectivity index (χ1n) is 8.13. The van der Waals surface area contributed by atoms with Crippen molar-refractivity contribution in [1.82, 2.24) is 4.57 Å². The standard InChI is InChI=1S/C20H19ClN2O3/c1-12-8-13(2)20-16(9-12)23(7-6-17(20)24)11-19(25)22-14-4-5-18(26-3)15(21)10-14/h4-10H,11H2,1-3H3,(H,22,25). The number of nitrogens with one attached hydrogen (secondary N) is 1. The molecule has 3 rings (SSSR count). The van der Waals surface area contributed by atoms with Crippen LogP contribution in [-0.4, -0.2) is 17.6 Å². The maximum absolute atomic E-state index is 12.5. The lowest BCUT2D eigenvalue weighted by Gasteiger charge is -2.13. The number of hydrogen-bond donors (Lipinski definition) is 1. The van der Waals surface area contributed by atoms with E-state index in [-0.39, 0.29) is 17.9 Å². The molecule has 134 valence electrons. The average Bonchev–Trinajstić information content (AvgIpc) is 2.57. The Morgan fingerprint density at radius 3 is 2.65 bits per heavy atom. The van der Waals surface area contributed by atoms with Crippen molar-refractivity contribution in [3.63, 3.8) is 0 Å². The average molecular weight is 371 g/mol. The number of carbonyl (C=O) groups excluding carboxylic acids is 1. The summed E-state index contributed by atoms with van der Waals surface area (Å²) in [7, 11) is 1.53. The summed E-state index contributed by atoms with van der Waals surface area (Å²) in [6.45, 7) is 3.96. The molecule has 26 heavy (non-hydrogen) atoms. The Morgan fingerprint density at radius 1 is 1.19 bits per heavy atom. The molecule has 0 bridgehead atoms. The topological polar surface area (TPSA) is 60.3 Å². The SMILES string of the molecule is COc1ccc(NC(=O)Cn2ccc(=O)c3c(C)cc(C)cc32)cc1Cl. The minimum atomic E-state index is -0.213. The van der Waals surface area contributed by atoms with Gasteiger partial charge in [0.05, 0.1) is 17.6 Å². The lowest BCUT2D eigenvalue weighted by molar-refractivity contribution is -0.116. The van der Waals surface area contributed by atoms with Crippen LogP contribution in [0.3, 0.4) is 0 Å². The molecule has 0 spiro atoms. The predicted octanol–water partition coefficient (Wildman–Crippen LogP) is 3.92. The van der Waals surface area contributed by atoms with Gasteiger partial charge in [0.1, 0.15) is 12.3 Å². The van der Waals surface area contributed by atoms with Crippen LogP contribution in [0.4, 0.5) is 5.69 Å². The van der Waals surface area contributed by atoms with E-state index in [1.807, 2.05) is 26.0 Å². The number of benzene rings is 2. The molecule has 0 saturated heterocycles. The first kappa shape index (κ1) is 18.0. The fraction of sp³-hybridized carbons (Fsp3) is 0.200. The molecular weight excluding hydrogens is 352 g/mol. The third-order valence-electron chi connectivity index (χ3n) is 4.17. The number of nitrogens with zero attached hydrogens (tertiary/aromatic N) is 1. The Bertz CT molecular complexity index is 1060. The van der Waals surface area contributed by atoms with Crippen LogP contribution in [0.1, 0.15) is 11.1 Å². The van der Waals surface area contributed by atoms with Crippen molar-refractivity contribution < 1.29 is 9.53 Å². The molecule has 1 heterocycles. The summed E-state index contributed by atoms with van der Waals surface area (Å²) in [5.74, 6) is 0.331. The van der Waals surface area contributed by atoms with E-state index in [2.05, 4.69) is 5.32 Å². The molecule has 0 aliphatic rings. The van der Waals surface area contributed by atoms with Gasteiger partial charge in [0.2, 0.25) is 5.91 Å². The van der Waals surface area contributed by atoms with Crippen molar-refractivity contribution in [2.45, 2.75) is 20.4 Å². The first-order valence-corrected chi connectivity index (χ1v) is 8.50. The molecule has 0 atom stereocenters. The number of methoxy groups -OCH3 is 1. The molecule has 5 nitrogen and oxygen atoms in total. The number of amides is 1. The quantitative estimate of drug-likeness (QED) is 0.757. The Kier molecular flexibility index (Phi) is 5.00. The molecule has 2 aromatic carbocycles. The third-order valence-corrected chi connectivity index (χ3v) is 4.47. The van der Waals surface area contributed by atoms with E-state index in [1.165, 1.54) is 13.2 Å². The maximum atomic E-state index is 12.5. The van der Waals surface area contributed by atoms with Crippen LogP contribution in [-0.2, 0) is 11.3 Å². The molecule has 1 N–H and O–H groups in total. The second-order valence-electron chi connectivity index (χ2n) is 6.18. The van der Waals surface area contributed by atoms with Crippen LogP contribution in [0.5, 0.6) is 5.75 Å². The Balaban J connectivity index is 1.89. The zero-order valence-corrected chi connectivity index (χ0v) is 15.6. The summed E-state index contributed by atoms with van der Waals surface area (Å²) in [6.07, 6.45) is 1.64. The monoisotopic (exact) mass is 370 g/mol. The Labute approximate surface area is 156 Å². The zero-order chi connectivity index (χ0) is 18.8. The normalized spacial score (nSPS) is 10.8. The fourth-order valence-electron chi connectivity index (χ4n) is 3.05. The number of rotatable bonds is 4. The van der Waals surface area contributed by atoms with Crippen molar-refractivity contribution in [3.8, 4) is 5.75 Å². The van der Waals surface area contributed by atoms with Gasteiger partial charge < -0.3 is 14.6 Å². The number of ether oxygens (including phenoxy) is 1. The number of aromatic nitrogens is 1. The van der Waals surface area contributed by atoms with Gasteiger partial charge in [-0.05, 0) is 49.2 Å². The predicted molar refractivity (Wildman–Crippen MR) is 104 cm³/mol. The van der Waals surface area contributed by atoms with E-state index in [0.29, 0.717) is 21.8 Å². The molecule has 1 amide bonds. The highest BCUT2D eigenvalue weighted by Crippen LogP contribution is 2.27. The molecule has 3 aromatic rings. The molecule has 0 unspecified atom stereocenters. The van der Waals surface area contributed by atoms with Crippen molar-refractivity contribution >= 4 is 34.1 Å². The molecule has 1 aromatic heterocycles. The summed E-state index contributed by atoms with van der Waals surface area (Å²) >= 11 is 6.09. The van der Waals surface area contributed by atoms with Gasteiger partial charge in [-0.3, -0.25) is 9.59 Å². The van der Waals surface area contributed by atoms with E-state index in [1.54, 1.807) is 29.0 Å². The Morgan fingerprint density at radius 2 is 1.96 bits per heavy atom. The highest BCUT2D eigenvalue weighted by molar-refractivity contribution is 6.32. The number of hydrogen-bond acceptors (Lipinski definition) is 3. The van der Waals surface area contributed by atoms with E-state index >= 15 is 0 Å². The molecule has 0 saturated carbocycles. The van der Waals surface area contributed by atoms with Gasteiger partial charge in [0.15, 0.2) is 5.43 Å². The minimum Gasteiger partial charge on any atom is -0.495 e. The Hall–Kier alpha value is -2.79. The number of carbonyl (C=O) groups is 1. The van der Waals surface area contributed by atoms with Gasteiger partial charge >= 0.3 is 0 Å². The maximum Gasteiger partial charge on any atom is 0.244 e. The zero-order valence-electron chi connectivity index (χ0n) is 14.8. The van der Waals surface area contributed by atoms with Crippen LogP contribution in [0.25, 0.3) is 10.9 Å². The summed E-state index contributed by atoms with van der Waals surface area (Å²) in [5, 5.41) is 3.87. The number of pyridine rings is 1. The lowest BCUT2D eigenvalue weighted by atomic mass is 10.1. The molecule has 6 heteroatoms. The van der Waals surface area contributed by atoms with Gasteiger partial charge in [0, 0.05) is 23.3 Å². The van der Waals surface area contributed by atoms with Gasteiger partial charge in [-0.2, -0.15) is 0 Å². The summed E-state index contributed by atoms with van der Waals surface area (Å²) < 4.78 is 6.88.